The van der Waals surface area contributed by atoms with Crippen LogP contribution in [0, 0.1) is 5.92 Å². The number of hydrogen-bond donors (Lipinski definition) is 2. The molecule has 0 spiro atoms. The second-order valence-corrected chi connectivity index (χ2v) is 5.10. The lowest BCUT2D eigenvalue weighted by Crippen LogP contribution is -2.45. The molecule has 0 heterocycles. The molecule has 0 saturated carbocycles. The monoisotopic (exact) mass is 313 g/mol. The van der Waals surface area contributed by atoms with Crippen molar-refractivity contribution in [1.82, 2.24) is 5.32 Å². The Morgan fingerprint density at radius 3 is 2.33 bits per heavy atom. The molecule has 0 aromatic heterocycles. The Hall–Kier alpha value is -1.36. The van der Waals surface area contributed by atoms with Crippen LogP contribution in [0.2, 0.25) is 0 Å². The van der Waals surface area contributed by atoms with E-state index in [0.29, 0.717) is 12.0 Å². The van der Waals surface area contributed by atoms with Gasteiger partial charge >= 0.3 is 5.97 Å². The van der Waals surface area contributed by atoms with E-state index in [0.717, 1.165) is 4.47 Å². The number of rotatable bonds is 5. The molecule has 0 saturated heterocycles. The highest BCUT2D eigenvalue weighted by Gasteiger charge is 2.25. The van der Waals surface area contributed by atoms with Gasteiger partial charge in [0, 0.05) is 10.0 Å². The lowest BCUT2D eigenvalue weighted by Gasteiger charge is -2.20. The lowest BCUT2D eigenvalue weighted by atomic mass is 9.99. The Kier molecular flexibility index (Phi) is 5.34. The maximum Gasteiger partial charge on any atom is 0.326 e. The number of benzene rings is 1. The number of hydrogen-bond acceptors (Lipinski definition) is 2. The molecule has 0 radical (unpaired) electrons. The highest BCUT2D eigenvalue weighted by atomic mass is 79.9. The van der Waals surface area contributed by atoms with E-state index in [1.807, 2.05) is 6.92 Å². The average molecular weight is 314 g/mol. The molecule has 0 fully saturated rings. The molecule has 1 aromatic rings. The van der Waals surface area contributed by atoms with E-state index in [4.69, 9.17) is 5.11 Å². The average Bonchev–Trinajstić information content (AvgIpc) is 2.35. The molecule has 1 unspecified atom stereocenters. The summed E-state index contributed by atoms with van der Waals surface area (Å²) in [5, 5.41) is 11.6. The summed E-state index contributed by atoms with van der Waals surface area (Å²) in [5.74, 6) is -1.48. The molecule has 0 aliphatic rings. The number of carbonyl (C=O) groups excluding carboxylic acids is 1. The zero-order valence-corrected chi connectivity index (χ0v) is 11.9. The van der Waals surface area contributed by atoms with E-state index in [1.54, 1.807) is 31.2 Å². The first-order valence-electron chi connectivity index (χ1n) is 5.75. The van der Waals surface area contributed by atoms with Crippen LogP contribution in [0.25, 0.3) is 0 Å². The van der Waals surface area contributed by atoms with Gasteiger partial charge in [-0.05, 0) is 30.2 Å². The van der Waals surface area contributed by atoms with Gasteiger partial charge in [0.2, 0.25) is 0 Å². The van der Waals surface area contributed by atoms with Crippen molar-refractivity contribution in [2.45, 2.75) is 26.3 Å². The molecule has 4 nitrogen and oxygen atoms in total. The van der Waals surface area contributed by atoms with E-state index in [9.17, 15) is 9.59 Å². The lowest BCUT2D eigenvalue weighted by molar-refractivity contribution is -0.140. The van der Waals surface area contributed by atoms with E-state index in [-0.39, 0.29) is 11.8 Å². The van der Waals surface area contributed by atoms with Crippen molar-refractivity contribution >= 4 is 27.8 Å². The molecule has 18 heavy (non-hydrogen) atoms. The molecule has 0 aliphatic heterocycles. The van der Waals surface area contributed by atoms with Crippen molar-refractivity contribution in [1.29, 1.82) is 0 Å². The van der Waals surface area contributed by atoms with Crippen LogP contribution in [0.5, 0.6) is 0 Å². The van der Waals surface area contributed by atoms with Gasteiger partial charge in [0.25, 0.3) is 5.91 Å². The summed E-state index contributed by atoms with van der Waals surface area (Å²) < 4.78 is 0.871. The normalized spacial score (nSPS) is 13.7. The number of carboxylic acid groups (broad SMARTS) is 1. The van der Waals surface area contributed by atoms with Gasteiger partial charge in [-0.2, -0.15) is 0 Å². The van der Waals surface area contributed by atoms with Crippen molar-refractivity contribution in [3.8, 4) is 0 Å². The van der Waals surface area contributed by atoms with E-state index in [2.05, 4.69) is 21.2 Å². The van der Waals surface area contributed by atoms with Gasteiger partial charge in [-0.25, -0.2) is 4.79 Å². The second-order valence-electron chi connectivity index (χ2n) is 4.18. The predicted molar refractivity (Wildman–Crippen MR) is 72.5 cm³/mol. The molecule has 1 aromatic carbocycles. The quantitative estimate of drug-likeness (QED) is 0.878. The minimum atomic E-state index is -1.00. The van der Waals surface area contributed by atoms with E-state index >= 15 is 0 Å². The smallest absolute Gasteiger partial charge is 0.326 e. The number of aliphatic carboxylic acids is 1. The zero-order chi connectivity index (χ0) is 13.7. The SMILES string of the molecule is CCC(C)[C@H](NC(=O)c1ccc(Br)cc1)C(=O)O. The summed E-state index contributed by atoms with van der Waals surface area (Å²) in [6, 6.07) is 5.93. The molecule has 5 heteroatoms. The van der Waals surface area contributed by atoms with Gasteiger partial charge < -0.3 is 10.4 Å². The molecular weight excluding hydrogens is 298 g/mol. The largest absolute Gasteiger partial charge is 0.480 e. The molecule has 2 N–H and O–H groups in total. The Morgan fingerprint density at radius 1 is 1.33 bits per heavy atom. The highest BCUT2D eigenvalue weighted by molar-refractivity contribution is 9.10. The van der Waals surface area contributed by atoms with Crippen LogP contribution < -0.4 is 5.32 Å². The fourth-order valence-corrected chi connectivity index (χ4v) is 1.77. The summed E-state index contributed by atoms with van der Waals surface area (Å²) in [4.78, 5) is 23.0. The molecule has 1 amide bonds. The van der Waals surface area contributed by atoms with Crippen molar-refractivity contribution in [2.24, 2.45) is 5.92 Å². The number of amides is 1. The Labute approximate surface area is 115 Å². The van der Waals surface area contributed by atoms with Crippen LogP contribution >= 0.6 is 15.9 Å². The van der Waals surface area contributed by atoms with Gasteiger partial charge in [0.15, 0.2) is 0 Å². The number of nitrogens with one attached hydrogen (secondary N) is 1. The van der Waals surface area contributed by atoms with Crippen LogP contribution in [0.4, 0.5) is 0 Å². The van der Waals surface area contributed by atoms with Crippen molar-refractivity contribution in [3.05, 3.63) is 34.3 Å². The standard InChI is InChI=1S/C13H16BrNO3/c1-3-8(2)11(13(17)18)15-12(16)9-4-6-10(14)7-5-9/h4-8,11H,3H2,1-2H3,(H,15,16)(H,17,18)/t8?,11-/m0/s1. The van der Waals surface area contributed by atoms with Crippen LogP contribution in [0.1, 0.15) is 30.6 Å². The molecular formula is C13H16BrNO3. The first kappa shape index (κ1) is 14.7. The Morgan fingerprint density at radius 2 is 1.89 bits per heavy atom. The van der Waals surface area contributed by atoms with Crippen LogP contribution in [0.15, 0.2) is 28.7 Å². The topological polar surface area (TPSA) is 66.4 Å². The van der Waals surface area contributed by atoms with Gasteiger partial charge in [0.05, 0.1) is 0 Å². The van der Waals surface area contributed by atoms with Gasteiger partial charge in [-0.15, -0.1) is 0 Å². The summed E-state index contributed by atoms with van der Waals surface area (Å²) >= 11 is 3.28. The third-order valence-corrected chi connectivity index (χ3v) is 3.40. The Balaban J connectivity index is 2.78. The van der Waals surface area contributed by atoms with E-state index in [1.165, 1.54) is 0 Å². The fraction of sp³-hybridized carbons (Fsp3) is 0.385. The predicted octanol–water partition coefficient (Wildman–Crippen LogP) is 2.68. The van der Waals surface area contributed by atoms with Crippen LogP contribution in [-0.4, -0.2) is 23.0 Å². The third kappa shape index (κ3) is 3.84. The maximum absolute atomic E-state index is 11.9. The minimum Gasteiger partial charge on any atom is -0.480 e. The number of halogens is 1. The highest BCUT2D eigenvalue weighted by Crippen LogP contribution is 2.12. The van der Waals surface area contributed by atoms with Crippen LogP contribution in [-0.2, 0) is 4.79 Å². The zero-order valence-electron chi connectivity index (χ0n) is 10.3. The van der Waals surface area contributed by atoms with Gasteiger partial charge in [0.1, 0.15) is 6.04 Å². The fourth-order valence-electron chi connectivity index (χ4n) is 1.51. The van der Waals surface area contributed by atoms with Crippen molar-refractivity contribution in [2.75, 3.05) is 0 Å². The van der Waals surface area contributed by atoms with E-state index < -0.39 is 12.0 Å². The maximum atomic E-state index is 11.9. The first-order chi connectivity index (χ1) is 8.45. The summed E-state index contributed by atoms with van der Waals surface area (Å²) in [6.45, 7) is 3.70. The third-order valence-electron chi connectivity index (χ3n) is 2.87. The molecule has 98 valence electrons. The summed E-state index contributed by atoms with van der Waals surface area (Å²) in [5.41, 5.74) is 0.452. The summed E-state index contributed by atoms with van der Waals surface area (Å²) in [6.07, 6.45) is 0.692. The molecule has 1 rings (SSSR count). The van der Waals surface area contributed by atoms with Gasteiger partial charge in [-0.1, -0.05) is 36.2 Å². The van der Waals surface area contributed by atoms with Crippen LogP contribution in [0.3, 0.4) is 0 Å². The number of carbonyl (C=O) groups is 2. The first-order valence-corrected chi connectivity index (χ1v) is 6.54. The van der Waals surface area contributed by atoms with Crippen molar-refractivity contribution in [3.63, 3.8) is 0 Å². The Bertz CT molecular complexity index is 430. The molecule has 2 atom stereocenters. The number of carboxylic acids is 1. The summed E-state index contributed by atoms with van der Waals surface area (Å²) in [7, 11) is 0. The molecule has 0 bridgehead atoms. The van der Waals surface area contributed by atoms with Crippen molar-refractivity contribution < 1.29 is 14.7 Å². The minimum absolute atomic E-state index is 0.109. The second kappa shape index (κ2) is 6.54. The molecule has 0 aliphatic carbocycles. The van der Waals surface area contributed by atoms with Gasteiger partial charge in [-0.3, -0.25) is 4.79 Å².